The van der Waals surface area contributed by atoms with Gasteiger partial charge in [0.15, 0.2) is 0 Å². The van der Waals surface area contributed by atoms with Crippen molar-refractivity contribution in [3.05, 3.63) is 95.6 Å². The number of hydrogen-bond acceptors (Lipinski definition) is 5. The first-order chi connectivity index (χ1) is 18.6. The number of carbonyl (C=O) groups is 2. The number of aryl methyl sites for hydroxylation is 1. The van der Waals surface area contributed by atoms with Gasteiger partial charge in [0.1, 0.15) is 12.3 Å². The Morgan fingerprint density at radius 2 is 1.68 bits per heavy atom. The first kappa shape index (κ1) is 25.8. The van der Waals surface area contributed by atoms with Gasteiger partial charge in [0, 0.05) is 37.4 Å². The Bertz CT molecular complexity index is 1230. The van der Waals surface area contributed by atoms with Gasteiger partial charge in [-0.1, -0.05) is 42.5 Å². The molecule has 7 heteroatoms. The SMILES string of the molecule is COc1cccc(CN2C(=O)CN(C(=O)c3ccc(N4CCOCC4)cc3)C[C@@H]2CCc2ccccc2)c1. The maximum atomic E-state index is 13.5. The minimum atomic E-state index is -0.0994. The molecule has 0 N–H and O–H groups in total. The summed E-state index contributed by atoms with van der Waals surface area (Å²) in [6.45, 7) is 4.20. The Morgan fingerprint density at radius 1 is 0.947 bits per heavy atom. The maximum absolute atomic E-state index is 13.5. The standard InChI is InChI=1S/C31H35N3O4/c1-37-29-9-5-8-25(20-29)21-34-28(13-10-24-6-3-2-4-7-24)22-33(23-30(34)35)31(36)26-11-14-27(15-12-26)32-16-18-38-19-17-32/h2-9,11-12,14-15,20,28H,10,13,16-19,21-23H2,1H3/t28-/m0/s1. The number of anilines is 1. The molecule has 7 nitrogen and oxygen atoms in total. The van der Waals surface area contributed by atoms with E-state index in [1.54, 1.807) is 12.0 Å². The molecule has 5 rings (SSSR count). The van der Waals surface area contributed by atoms with E-state index in [4.69, 9.17) is 9.47 Å². The molecule has 0 spiro atoms. The van der Waals surface area contributed by atoms with Crippen LogP contribution in [-0.4, -0.2) is 74.2 Å². The lowest BCUT2D eigenvalue weighted by Crippen LogP contribution is -2.57. The third-order valence-electron chi connectivity index (χ3n) is 7.39. The Morgan fingerprint density at radius 3 is 2.42 bits per heavy atom. The van der Waals surface area contributed by atoms with Crippen molar-refractivity contribution in [3.8, 4) is 5.75 Å². The van der Waals surface area contributed by atoms with E-state index in [0.29, 0.717) is 31.9 Å². The number of piperazine rings is 1. The van der Waals surface area contributed by atoms with Crippen LogP contribution >= 0.6 is 0 Å². The highest BCUT2D eigenvalue weighted by Gasteiger charge is 2.35. The van der Waals surface area contributed by atoms with Crippen molar-refractivity contribution in [3.63, 3.8) is 0 Å². The summed E-state index contributed by atoms with van der Waals surface area (Å²) in [4.78, 5) is 32.9. The summed E-state index contributed by atoms with van der Waals surface area (Å²) in [5.41, 5.74) is 3.94. The highest BCUT2D eigenvalue weighted by molar-refractivity contribution is 5.97. The topological polar surface area (TPSA) is 62.3 Å². The first-order valence-electron chi connectivity index (χ1n) is 13.3. The van der Waals surface area contributed by atoms with Crippen LogP contribution in [-0.2, 0) is 22.5 Å². The van der Waals surface area contributed by atoms with Crippen molar-refractivity contribution in [2.24, 2.45) is 0 Å². The second-order valence-corrected chi connectivity index (χ2v) is 9.88. The number of amides is 2. The summed E-state index contributed by atoms with van der Waals surface area (Å²) >= 11 is 0. The first-order valence-corrected chi connectivity index (χ1v) is 13.3. The van der Waals surface area contributed by atoms with Crippen LogP contribution in [0, 0.1) is 0 Å². The molecule has 2 aliphatic heterocycles. The van der Waals surface area contributed by atoms with Crippen molar-refractivity contribution in [2.75, 3.05) is 51.4 Å². The quantitative estimate of drug-likeness (QED) is 0.455. The normalized spacial score (nSPS) is 18.0. The Balaban J connectivity index is 1.32. The molecule has 2 heterocycles. The lowest BCUT2D eigenvalue weighted by atomic mass is 10.00. The van der Waals surface area contributed by atoms with E-state index in [-0.39, 0.29) is 24.4 Å². The molecule has 0 aliphatic carbocycles. The van der Waals surface area contributed by atoms with Crippen molar-refractivity contribution in [1.82, 2.24) is 9.80 Å². The lowest BCUT2D eigenvalue weighted by Gasteiger charge is -2.41. The molecule has 0 radical (unpaired) electrons. The van der Waals surface area contributed by atoms with Crippen molar-refractivity contribution in [2.45, 2.75) is 25.4 Å². The van der Waals surface area contributed by atoms with Crippen LogP contribution in [0.25, 0.3) is 0 Å². The van der Waals surface area contributed by atoms with Gasteiger partial charge in [-0.25, -0.2) is 0 Å². The molecule has 0 unspecified atom stereocenters. The number of morpholine rings is 1. The van der Waals surface area contributed by atoms with E-state index in [1.807, 2.05) is 71.6 Å². The minimum absolute atomic E-state index is 0.0320. The molecule has 0 bridgehead atoms. The number of nitrogens with zero attached hydrogens (tertiary/aromatic N) is 3. The summed E-state index contributed by atoms with van der Waals surface area (Å²) < 4.78 is 10.8. The van der Waals surface area contributed by atoms with Gasteiger partial charge >= 0.3 is 0 Å². The summed E-state index contributed by atoms with van der Waals surface area (Å²) in [5.74, 6) is 0.637. The van der Waals surface area contributed by atoms with Crippen LogP contribution < -0.4 is 9.64 Å². The molecule has 2 fully saturated rings. The number of methoxy groups -OCH3 is 1. The molecule has 3 aromatic rings. The van der Waals surface area contributed by atoms with E-state index in [0.717, 1.165) is 42.9 Å². The molecule has 2 aliphatic rings. The molecule has 3 aromatic carbocycles. The van der Waals surface area contributed by atoms with Gasteiger partial charge in [-0.2, -0.15) is 0 Å². The van der Waals surface area contributed by atoms with Crippen LogP contribution in [0.3, 0.4) is 0 Å². The van der Waals surface area contributed by atoms with E-state index in [1.165, 1.54) is 5.56 Å². The zero-order valence-corrected chi connectivity index (χ0v) is 21.9. The van der Waals surface area contributed by atoms with Gasteiger partial charge in [0.05, 0.1) is 26.4 Å². The van der Waals surface area contributed by atoms with E-state index >= 15 is 0 Å². The number of benzene rings is 3. The summed E-state index contributed by atoms with van der Waals surface area (Å²) in [6, 6.07) is 25.8. The van der Waals surface area contributed by atoms with Gasteiger partial charge in [-0.15, -0.1) is 0 Å². The zero-order chi connectivity index (χ0) is 26.3. The summed E-state index contributed by atoms with van der Waals surface area (Å²) in [6.07, 6.45) is 1.61. The summed E-state index contributed by atoms with van der Waals surface area (Å²) in [7, 11) is 1.64. The third-order valence-corrected chi connectivity index (χ3v) is 7.39. The summed E-state index contributed by atoms with van der Waals surface area (Å²) in [5, 5.41) is 0. The average Bonchev–Trinajstić information content (AvgIpc) is 2.98. The van der Waals surface area contributed by atoms with Crippen LogP contribution in [0.2, 0.25) is 0 Å². The fraction of sp³-hybridized carbons (Fsp3) is 0.355. The van der Waals surface area contributed by atoms with Gasteiger partial charge < -0.3 is 24.2 Å². The molecule has 2 amide bonds. The van der Waals surface area contributed by atoms with Crippen LogP contribution in [0.1, 0.15) is 27.9 Å². The van der Waals surface area contributed by atoms with E-state index in [2.05, 4.69) is 17.0 Å². The highest BCUT2D eigenvalue weighted by atomic mass is 16.5. The van der Waals surface area contributed by atoms with E-state index in [9.17, 15) is 9.59 Å². The smallest absolute Gasteiger partial charge is 0.254 e. The number of hydrogen-bond donors (Lipinski definition) is 0. The largest absolute Gasteiger partial charge is 0.497 e. The van der Waals surface area contributed by atoms with Crippen molar-refractivity contribution < 1.29 is 19.1 Å². The molecule has 0 saturated carbocycles. The fourth-order valence-electron chi connectivity index (χ4n) is 5.26. The molecular formula is C31H35N3O4. The maximum Gasteiger partial charge on any atom is 0.254 e. The van der Waals surface area contributed by atoms with Gasteiger partial charge in [0.25, 0.3) is 5.91 Å². The second kappa shape index (κ2) is 12.1. The van der Waals surface area contributed by atoms with Crippen molar-refractivity contribution in [1.29, 1.82) is 0 Å². The molecule has 2 saturated heterocycles. The van der Waals surface area contributed by atoms with Crippen molar-refractivity contribution >= 4 is 17.5 Å². The van der Waals surface area contributed by atoms with Crippen LogP contribution in [0.5, 0.6) is 5.75 Å². The molecule has 198 valence electrons. The van der Waals surface area contributed by atoms with Gasteiger partial charge in [0.2, 0.25) is 5.91 Å². The van der Waals surface area contributed by atoms with Gasteiger partial charge in [-0.3, -0.25) is 9.59 Å². The third kappa shape index (κ3) is 6.17. The molecule has 38 heavy (non-hydrogen) atoms. The molecular weight excluding hydrogens is 478 g/mol. The second-order valence-electron chi connectivity index (χ2n) is 9.88. The van der Waals surface area contributed by atoms with Crippen LogP contribution in [0.4, 0.5) is 5.69 Å². The predicted octanol–water partition coefficient (Wildman–Crippen LogP) is 4.02. The Labute approximate surface area is 224 Å². The zero-order valence-electron chi connectivity index (χ0n) is 21.9. The number of carbonyl (C=O) groups excluding carboxylic acids is 2. The number of rotatable bonds is 8. The Kier molecular flexibility index (Phi) is 8.24. The lowest BCUT2D eigenvalue weighted by molar-refractivity contribution is -0.139. The monoisotopic (exact) mass is 513 g/mol. The molecule has 0 aromatic heterocycles. The van der Waals surface area contributed by atoms with Crippen LogP contribution in [0.15, 0.2) is 78.9 Å². The highest BCUT2D eigenvalue weighted by Crippen LogP contribution is 2.24. The average molecular weight is 514 g/mol. The van der Waals surface area contributed by atoms with Gasteiger partial charge in [-0.05, 0) is 60.4 Å². The molecule has 1 atom stereocenters. The minimum Gasteiger partial charge on any atom is -0.497 e. The predicted molar refractivity (Wildman–Crippen MR) is 147 cm³/mol. The number of ether oxygens (including phenoxy) is 2. The Hall–Kier alpha value is -3.84. The van der Waals surface area contributed by atoms with E-state index < -0.39 is 0 Å². The fourth-order valence-corrected chi connectivity index (χ4v) is 5.26.